The fraction of sp³-hybridized carbons (Fsp3) is 0.200. The topological polar surface area (TPSA) is 55.8 Å². The molecule has 0 bridgehead atoms. The van der Waals surface area contributed by atoms with Gasteiger partial charge in [-0.1, -0.05) is 54.6 Å². The number of fused-ring (bicyclic) bond motifs is 1. The summed E-state index contributed by atoms with van der Waals surface area (Å²) in [6, 6.07) is 24.7. The fourth-order valence-electron chi connectivity index (χ4n) is 3.65. The number of benzene rings is 3. The lowest BCUT2D eigenvalue weighted by Gasteiger charge is -2.37. The van der Waals surface area contributed by atoms with Gasteiger partial charge in [0.05, 0.1) is 23.9 Å². The van der Waals surface area contributed by atoms with Crippen molar-refractivity contribution >= 4 is 29.3 Å². The Morgan fingerprint density at radius 3 is 2.58 bits per heavy atom. The van der Waals surface area contributed by atoms with Crippen molar-refractivity contribution in [1.82, 2.24) is 0 Å². The van der Waals surface area contributed by atoms with Crippen molar-refractivity contribution < 1.29 is 19.1 Å². The molecule has 0 radical (unpaired) electrons. The van der Waals surface area contributed by atoms with Crippen molar-refractivity contribution in [2.45, 2.75) is 17.5 Å². The van der Waals surface area contributed by atoms with Gasteiger partial charge in [-0.3, -0.25) is 9.69 Å². The molecule has 1 aliphatic heterocycles. The summed E-state index contributed by atoms with van der Waals surface area (Å²) in [5, 5.41) is 0. The van der Waals surface area contributed by atoms with E-state index < -0.39 is 5.97 Å². The first-order valence-electron chi connectivity index (χ1n) is 10.0. The van der Waals surface area contributed by atoms with E-state index in [1.807, 2.05) is 60.7 Å². The molecule has 158 valence electrons. The van der Waals surface area contributed by atoms with E-state index in [2.05, 4.69) is 0 Å². The van der Waals surface area contributed by atoms with Crippen LogP contribution in [0.25, 0.3) is 0 Å². The van der Waals surface area contributed by atoms with E-state index in [1.54, 1.807) is 42.0 Å². The number of carbonyl (C=O) groups is 2. The van der Waals surface area contributed by atoms with Gasteiger partial charge in [-0.15, -0.1) is 11.8 Å². The van der Waals surface area contributed by atoms with E-state index in [4.69, 9.17) is 9.47 Å². The van der Waals surface area contributed by atoms with Crippen LogP contribution in [0.2, 0.25) is 0 Å². The molecule has 4 rings (SSSR count). The van der Waals surface area contributed by atoms with Crippen molar-refractivity contribution in [1.29, 1.82) is 0 Å². The highest BCUT2D eigenvalue weighted by atomic mass is 32.2. The Labute approximate surface area is 186 Å². The molecule has 0 saturated heterocycles. The zero-order valence-corrected chi connectivity index (χ0v) is 18.0. The van der Waals surface area contributed by atoms with Crippen LogP contribution in [0.4, 0.5) is 5.69 Å². The zero-order valence-electron chi connectivity index (χ0n) is 17.2. The van der Waals surface area contributed by atoms with Crippen molar-refractivity contribution in [3.8, 4) is 0 Å². The predicted molar refractivity (Wildman–Crippen MR) is 121 cm³/mol. The van der Waals surface area contributed by atoms with Gasteiger partial charge in [0, 0.05) is 17.8 Å². The van der Waals surface area contributed by atoms with Gasteiger partial charge in [0.2, 0.25) is 0 Å². The highest BCUT2D eigenvalue weighted by Crippen LogP contribution is 2.43. The zero-order chi connectivity index (χ0) is 21.6. The van der Waals surface area contributed by atoms with Gasteiger partial charge in [0.15, 0.2) is 6.61 Å². The van der Waals surface area contributed by atoms with Crippen LogP contribution in [0.15, 0.2) is 83.8 Å². The van der Waals surface area contributed by atoms with Crippen LogP contribution in [0.5, 0.6) is 0 Å². The van der Waals surface area contributed by atoms with E-state index >= 15 is 0 Å². The quantitative estimate of drug-likeness (QED) is 0.519. The maximum atomic E-state index is 13.3. The monoisotopic (exact) mass is 433 g/mol. The highest BCUT2D eigenvalue weighted by Gasteiger charge is 2.32. The molecule has 0 aromatic heterocycles. The number of anilines is 1. The van der Waals surface area contributed by atoms with Crippen LogP contribution in [0.1, 0.15) is 27.5 Å². The number of hydrogen-bond donors (Lipinski definition) is 0. The number of methoxy groups -OCH3 is 1. The lowest BCUT2D eigenvalue weighted by Crippen LogP contribution is -2.41. The summed E-state index contributed by atoms with van der Waals surface area (Å²) in [4.78, 5) is 28.6. The molecule has 0 fully saturated rings. The lowest BCUT2D eigenvalue weighted by atomic mass is 10.1. The Morgan fingerprint density at radius 1 is 1.00 bits per heavy atom. The molecular formula is C25H23NO4S. The summed E-state index contributed by atoms with van der Waals surface area (Å²) >= 11 is 1.73. The van der Waals surface area contributed by atoms with Gasteiger partial charge < -0.3 is 9.47 Å². The van der Waals surface area contributed by atoms with Crippen LogP contribution in [-0.2, 0) is 20.9 Å². The van der Waals surface area contributed by atoms with E-state index in [1.165, 1.54) is 0 Å². The summed E-state index contributed by atoms with van der Waals surface area (Å²) < 4.78 is 10.5. The molecular weight excluding hydrogens is 410 g/mol. The first-order valence-corrected chi connectivity index (χ1v) is 11.0. The standard InChI is InChI=1S/C25H23NO4S/c1-29-15-18-8-7-11-20(14-18)25(28)30-16-24(27)26-21-12-5-6-13-23(21)31-17-22(26)19-9-3-2-4-10-19/h2-14,22H,15-17H2,1H3. The number of thioether (sulfide) groups is 1. The molecule has 5 nitrogen and oxygen atoms in total. The molecule has 1 atom stereocenters. The normalized spacial score (nSPS) is 15.3. The highest BCUT2D eigenvalue weighted by molar-refractivity contribution is 7.99. The summed E-state index contributed by atoms with van der Waals surface area (Å²) in [6.45, 7) is 0.0801. The first-order chi connectivity index (χ1) is 15.2. The SMILES string of the molecule is COCc1cccc(C(=O)OCC(=O)N2c3ccccc3SCC2c2ccccc2)c1. The lowest BCUT2D eigenvalue weighted by molar-refractivity contribution is -0.122. The smallest absolute Gasteiger partial charge is 0.338 e. The number of ether oxygens (including phenoxy) is 2. The third-order valence-electron chi connectivity index (χ3n) is 5.09. The summed E-state index contributed by atoms with van der Waals surface area (Å²) in [5.41, 5.74) is 3.16. The molecule has 0 N–H and O–H groups in total. The molecule has 1 aliphatic rings. The summed E-state index contributed by atoms with van der Waals surface area (Å²) in [7, 11) is 1.60. The van der Waals surface area contributed by atoms with Gasteiger partial charge in [-0.25, -0.2) is 4.79 Å². The summed E-state index contributed by atoms with van der Waals surface area (Å²) in [6.07, 6.45) is 0. The van der Waals surface area contributed by atoms with E-state index in [9.17, 15) is 9.59 Å². The number of rotatable bonds is 6. The second-order valence-electron chi connectivity index (χ2n) is 7.18. The molecule has 3 aromatic carbocycles. The summed E-state index contributed by atoms with van der Waals surface area (Å²) in [5.74, 6) is -0.0370. The molecule has 0 spiro atoms. The minimum Gasteiger partial charge on any atom is -0.452 e. The average molecular weight is 434 g/mol. The Bertz CT molecular complexity index is 1070. The first kappa shape index (κ1) is 21.2. The number of carbonyl (C=O) groups excluding carboxylic acids is 2. The predicted octanol–water partition coefficient (Wildman–Crippen LogP) is 4.87. The van der Waals surface area contributed by atoms with Crippen LogP contribution < -0.4 is 4.90 Å². The Kier molecular flexibility index (Phi) is 6.70. The van der Waals surface area contributed by atoms with Crippen LogP contribution in [0, 0.1) is 0 Å². The van der Waals surface area contributed by atoms with Crippen molar-refractivity contribution in [3.63, 3.8) is 0 Å². The number of amides is 1. The molecule has 0 saturated carbocycles. The third-order valence-corrected chi connectivity index (χ3v) is 6.23. The van der Waals surface area contributed by atoms with Crippen molar-refractivity contribution in [2.75, 3.05) is 24.4 Å². The van der Waals surface area contributed by atoms with Crippen LogP contribution in [-0.4, -0.2) is 31.3 Å². The van der Waals surface area contributed by atoms with Crippen molar-refractivity contribution in [2.24, 2.45) is 0 Å². The van der Waals surface area contributed by atoms with Gasteiger partial charge >= 0.3 is 5.97 Å². The van der Waals surface area contributed by atoms with E-state index in [-0.39, 0.29) is 18.6 Å². The molecule has 1 amide bonds. The fourth-order valence-corrected chi connectivity index (χ4v) is 4.82. The molecule has 6 heteroatoms. The third kappa shape index (κ3) is 4.81. The minimum absolute atomic E-state index is 0.127. The van der Waals surface area contributed by atoms with Gasteiger partial charge in [-0.05, 0) is 35.4 Å². The second-order valence-corrected chi connectivity index (χ2v) is 8.24. The van der Waals surface area contributed by atoms with Crippen LogP contribution in [0.3, 0.4) is 0 Å². The number of hydrogen-bond acceptors (Lipinski definition) is 5. The largest absolute Gasteiger partial charge is 0.452 e. The van der Waals surface area contributed by atoms with Gasteiger partial charge in [-0.2, -0.15) is 0 Å². The van der Waals surface area contributed by atoms with E-state index in [0.29, 0.717) is 12.2 Å². The maximum absolute atomic E-state index is 13.3. The average Bonchev–Trinajstić information content (AvgIpc) is 2.82. The Hall–Kier alpha value is -3.09. The second kappa shape index (κ2) is 9.81. The molecule has 0 aliphatic carbocycles. The molecule has 3 aromatic rings. The molecule has 1 heterocycles. The molecule has 1 unspecified atom stereocenters. The maximum Gasteiger partial charge on any atom is 0.338 e. The van der Waals surface area contributed by atoms with Gasteiger partial charge in [0.25, 0.3) is 5.91 Å². The molecule has 31 heavy (non-hydrogen) atoms. The van der Waals surface area contributed by atoms with E-state index in [0.717, 1.165) is 27.5 Å². The Balaban J connectivity index is 1.53. The van der Waals surface area contributed by atoms with Crippen molar-refractivity contribution in [3.05, 3.63) is 95.6 Å². The van der Waals surface area contributed by atoms with Gasteiger partial charge in [0.1, 0.15) is 0 Å². The minimum atomic E-state index is -0.526. The number of esters is 1. The Morgan fingerprint density at radius 2 is 1.77 bits per heavy atom. The number of nitrogens with zero attached hydrogens (tertiary/aromatic N) is 1. The van der Waals surface area contributed by atoms with Crippen LogP contribution >= 0.6 is 11.8 Å². The number of para-hydroxylation sites is 1.